The lowest BCUT2D eigenvalue weighted by Gasteiger charge is -2.28. The molecule has 1 aliphatic rings. The van der Waals surface area contributed by atoms with Crippen molar-refractivity contribution in [3.8, 4) is 11.1 Å². The van der Waals surface area contributed by atoms with E-state index in [1.54, 1.807) is 12.1 Å². The van der Waals surface area contributed by atoms with Crippen LogP contribution in [0.4, 0.5) is 22.0 Å². The lowest BCUT2D eigenvalue weighted by atomic mass is 9.89. The van der Waals surface area contributed by atoms with E-state index in [1.165, 1.54) is 30.3 Å². The Morgan fingerprint density at radius 2 is 1.47 bits per heavy atom. The third-order valence-corrected chi connectivity index (χ3v) is 6.90. The molecule has 0 bridgehead atoms. The molecule has 0 amide bonds. The molecule has 1 heterocycles. The maximum Gasteiger partial charge on any atom is 0.167 e. The Morgan fingerprint density at radius 1 is 0.806 bits per heavy atom. The quantitative estimate of drug-likeness (QED) is 0.224. The maximum absolute atomic E-state index is 15.0. The van der Waals surface area contributed by atoms with Crippen LogP contribution in [0.2, 0.25) is 0 Å². The molecule has 3 aromatic carbocycles. The Bertz CT molecular complexity index is 1240. The molecule has 0 aliphatic carbocycles. The summed E-state index contributed by atoms with van der Waals surface area (Å²) < 4.78 is 79.8. The van der Waals surface area contributed by atoms with Crippen LogP contribution >= 0.6 is 0 Å². The zero-order chi connectivity index (χ0) is 25.8. The van der Waals surface area contributed by atoms with E-state index in [1.807, 2.05) is 13.0 Å². The molecule has 36 heavy (non-hydrogen) atoms. The third-order valence-electron chi connectivity index (χ3n) is 6.90. The second kappa shape index (κ2) is 11.4. The summed E-state index contributed by atoms with van der Waals surface area (Å²) in [6.45, 7) is 5.91. The summed E-state index contributed by atoms with van der Waals surface area (Å²) in [7, 11) is 0. The number of rotatable bonds is 8. The molecular weight excluding hydrogens is 471 g/mol. The summed E-state index contributed by atoms with van der Waals surface area (Å²) in [5.41, 5.74) is 0.787. The molecule has 0 saturated carbocycles. The Balaban J connectivity index is 1.53. The lowest BCUT2D eigenvalue weighted by molar-refractivity contribution is 0.0320. The van der Waals surface area contributed by atoms with Gasteiger partial charge in [0.15, 0.2) is 23.3 Å². The number of aryl methyl sites for hydroxylation is 3. The van der Waals surface area contributed by atoms with Gasteiger partial charge in [-0.3, -0.25) is 0 Å². The van der Waals surface area contributed by atoms with Gasteiger partial charge in [-0.2, -0.15) is 0 Å². The summed E-state index contributed by atoms with van der Waals surface area (Å²) >= 11 is 0. The number of halogens is 5. The van der Waals surface area contributed by atoms with Gasteiger partial charge in [-0.1, -0.05) is 55.8 Å². The number of hydrogen-bond donors (Lipinski definition) is 0. The SMILES string of the molecule is C=CC1CCC(c2ccc(-c3ccc(CCc4ccc(CCC)cc4F)c(F)c3F)c(F)c2F)CO1. The minimum absolute atomic E-state index is 0.0434. The van der Waals surface area contributed by atoms with Gasteiger partial charge in [0.2, 0.25) is 0 Å². The van der Waals surface area contributed by atoms with E-state index in [-0.39, 0.29) is 59.5 Å². The third kappa shape index (κ3) is 5.39. The van der Waals surface area contributed by atoms with Gasteiger partial charge < -0.3 is 4.74 Å². The molecule has 6 heteroatoms. The summed E-state index contributed by atoms with van der Waals surface area (Å²) in [6, 6.07) is 10.2. The average Bonchev–Trinajstić information content (AvgIpc) is 2.88. The van der Waals surface area contributed by atoms with E-state index >= 15 is 0 Å². The fourth-order valence-electron chi connectivity index (χ4n) is 4.79. The van der Waals surface area contributed by atoms with Crippen molar-refractivity contribution in [2.24, 2.45) is 0 Å². The van der Waals surface area contributed by atoms with Crippen molar-refractivity contribution in [3.63, 3.8) is 0 Å². The van der Waals surface area contributed by atoms with Crippen LogP contribution in [0.3, 0.4) is 0 Å². The van der Waals surface area contributed by atoms with E-state index in [0.717, 1.165) is 18.4 Å². The second-order valence-electron chi connectivity index (χ2n) is 9.29. The average molecular weight is 501 g/mol. The van der Waals surface area contributed by atoms with Crippen LogP contribution in [0, 0.1) is 29.1 Å². The molecule has 190 valence electrons. The monoisotopic (exact) mass is 500 g/mol. The summed E-state index contributed by atoms with van der Waals surface area (Å²) in [5.74, 6) is -5.41. The molecule has 1 saturated heterocycles. The minimum atomic E-state index is -1.26. The number of benzene rings is 3. The second-order valence-corrected chi connectivity index (χ2v) is 9.29. The van der Waals surface area contributed by atoms with Crippen LogP contribution in [0.1, 0.15) is 54.4 Å². The number of hydrogen-bond acceptors (Lipinski definition) is 1. The smallest absolute Gasteiger partial charge is 0.167 e. The zero-order valence-electron chi connectivity index (χ0n) is 20.2. The van der Waals surface area contributed by atoms with Gasteiger partial charge in [-0.25, -0.2) is 22.0 Å². The van der Waals surface area contributed by atoms with E-state index < -0.39 is 23.3 Å². The topological polar surface area (TPSA) is 9.23 Å². The lowest BCUT2D eigenvalue weighted by Crippen LogP contribution is -2.23. The van der Waals surface area contributed by atoms with Gasteiger partial charge in [0.1, 0.15) is 5.82 Å². The zero-order valence-corrected chi connectivity index (χ0v) is 20.2. The van der Waals surface area contributed by atoms with Crippen LogP contribution < -0.4 is 0 Å². The van der Waals surface area contributed by atoms with E-state index in [4.69, 9.17) is 4.74 Å². The highest BCUT2D eigenvalue weighted by molar-refractivity contribution is 5.66. The summed E-state index contributed by atoms with van der Waals surface area (Å²) in [5, 5.41) is 0. The van der Waals surface area contributed by atoms with Crippen LogP contribution in [0.15, 0.2) is 55.1 Å². The molecule has 0 aromatic heterocycles. The van der Waals surface area contributed by atoms with E-state index in [2.05, 4.69) is 6.58 Å². The molecule has 0 radical (unpaired) electrons. The summed E-state index contributed by atoms with van der Waals surface area (Å²) in [6.07, 6.45) is 4.72. The molecule has 2 atom stereocenters. The Kier molecular flexibility index (Phi) is 8.24. The first-order valence-electron chi connectivity index (χ1n) is 12.3. The van der Waals surface area contributed by atoms with E-state index in [0.29, 0.717) is 18.4 Å². The van der Waals surface area contributed by atoms with Gasteiger partial charge in [0.05, 0.1) is 12.7 Å². The summed E-state index contributed by atoms with van der Waals surface area (Å²) in [4.78, 5) is 0. The highest BCUT2D eigenvalue weighted by atomic mass is 19.2. The molecular formula is C30H29F5O. The van der Waals surface area contributed by atoms with Gasteiger partial charge in [0, 0.05) is 17.0 Å². The molecule has 3 aromatic rings. The highest BCUT2D eigenvalue weighted by Gasteiger charge is 2.27. The van der Waals surface area contributed by atoms with Gasteiger partial charge in [0.25, 0.3) is 0 Å². The van der Waals surface area contributed by atoms with Crippen molar-refractivity contribution >= 4 is 0 Å². The van der Waals surface area contributed by atoms with Gasteiger partial charge >= 0.3 is 0 Å². The van der Waals surface area contributed by atoms with Crippen molar-refractivity contribution in [2.45, 2.75) is 57.5 Å². The van der Waals surface area contributed by atoms with E-state index in [9.17, 15) is 22.0 Å². The first-order chi connectivity index (χ1) is 17.3. The maximum atomic E-state index is 15.0. The molecule has 1 fully saturated rings. The van der Waals surface area contributed by atoms with Crippen molar-refractivity contribution in [2.75, 3.05) is 6.61 Å². The first kappa shape index (κ1) is 26.1. The van der Waals surface area contributed by atoms with Crippen molar-refractivity contribution < 1.29 is 26.7 Å². The Hall–Kier alpha value is -2.99. The fourth-order valence-corrected chi connectivity index (χ4v) is 4.79. The van der Waals surface area contributed by atoms with Crippen LogP contribution in [0.25, 0.3) is 11.1 Å². The Labute approximate surface area is 208 Å². The highest BCUT2D eigenvalue weighted by Crippen LogP contribution is 2.36. The molecule has 1 aliphatic heterocycles. The largest absolute Gasteiger partial charge is 0.374 e. The van der Waals surface area contributed by atoms with Crippen LogP contribution in [-0.4, -0.2) is 12.7 Å². The van der Waals surface area contributed by atoms with Crippen molar-refractivity contribution in [1.82, 2.24) is 0 Å². The molecule has 2 unspecified atom stereocenters. The van der Waals surface area contributed by atoms with Crippen molar-refractivity contribution in [1.29, 1.82) is 0 Å². The molecule has 4 rings (SSSR count). The van der Waals surface area contributed by atoms with Crippen LogP contribution in [-0.2, 0) is 24.0 Å². The number of ether oxygens (including phenoxy) is 1. The molecule has 1 nitrogen and oxygen atoms in total. The normalized spacial score (nSPS) is 17.8. The van der Waals surface area contributed by atoms with Gasteiger partial charge in [-0.15, -0.1) is 6.58 Å². The minimum Gasteiger partial charge on any atom is -0.374 e. The van der Waals surface area contributed by atoms with Crippen molar-refractivity contribution in [3.05, 3.63) is 106 Å². The fraction of sp³-hybridized carbons (Fsp3) is 0.333. The van der Waals surface area contributed by atoms with Gasteiger partial charge in [-0.05, 0) is 60.4 Å². The Morgan fingerprint density at radius 3 is 2.11 bits per heavy atom. The molecule has 0 N–H and O–H groups in total. The molecule has 0 spiro atoms. The van der Waals surface area contributed by atoms with Crippen LogP contribution in [0.5, 0.6) is 0 Å². The first-order valence-corrected chi connectivity index (χ1v) is 12.3. The predicted molar refractivity (Wildman–Crippen MR) is 131 cm³/mol. The standard InChI is InChI=1S/C30H29F5O/c1-3-5-18-6-7-19(26(31)16-18)8-9-20-11-13-24(29(34)27(20)32)25-15-14-23(28(33)30(25)35)21-10-12-22(4-2)36-17-21/h4,6-7,11,13-16,21-22H,2-3,5,8-10,12,17H2,1H3. The predicted octanol–water partition coefficient (Wildman–Crippen LogP) is 8.24.